The molecule has 0 aromatic heterocycles. The lowest BCUT2D eigenvalue weighted by molar-refractivity contribution is -0.0696. The van der Waals surface area contributed by atoms with Crippen LogP contribution in [0.1, 0.15) is 11.1 Å². The summed E-state index contributed by atoms with van der Waals surface area (Å²) in [7, 11) is 0. The highest BCUT2D eigenvalue weighted by Crippen LogP contribution is 2.31. The van der Waals surface area contributed by atoms with Crippen LogP contribution in [0.4, 0.5) is 26.3 Å². The summed E-state index contributed by atoms with van der Waals surface area (Å²) in [6.07, 6.45) is -4.92. The second-order valence-electron chi connectivity index (χ2n) is 5.72. The Morgan fingerprint density at radius 3 is 2.08 bits per heavy atom. The van der Waals surface area contributed by atoms with Gasteiger partial charge < -0.3 is 0 Å². The van der Waals surface area contributed by atoms with E-state index in [4.69, 9.17) is 0 Å². The van der Waals surface area contributed by atoms with Crippen LogP contribution in [0.25, 0.3) is 21.9 Å². The molecule has 0 N–H and O–H groups in total. The molecule has 0 aliphatic heterocycles. The largest absolute Gasteiger partial charge is 0.458 e. The van der Waals surface area contributed by atoms with Gasteiger partial charge in [-0.05, 0) is 41.6 Å². The number of alkyl halides is 3. The molecule has 0 heterocycles. The number of fused-ring (bicyclic) bond motifs is 1. The van der Waals surface area contributed by atoms with Crippen molar-refractivity contribution >= 4 is 10.8 Å². The Morgan fingerprint density at radius 1 is 0.808 bits per heavy atom. The van der Waals surface area contributed by atoms with E-state index in [0.717, 1.165) is 23.6 Å². The number of benzene rings is 3. The molecule has 0 nitrogen and oxygen atoms in total. The van der Waals surface area contributed by atoms with Crippen molar-refractivity contribution in [2.45, 2.75) is 13.1 Å². The third kappa shape index (κ3) is 3.52. The fourth-order valence-corrected chi connectivity index (χ4v) is 2.57. The minimum atomic E-state index is -4.92. The maximum absolute atomic E-state index is 14.4. The number of aryl methyl sites for hydroxylation is 1. The SMILES string of the molecule is Cc1ccc(-c2cc(F)c3c(F)c(C#CC(F)(F)F)c(F)cc3c2)cc1. The zero-order valence-corrected chi connectivity index (χ0v) is 13.3. The van der Waals surface area contributed by atoms with Gasteiger partial charge in [0.1, 0.15) is 11.6 Å². The molecule has 0 aliphatic rings. The first kappa shape index (κ1) is 17.9. The van der Waals surface area contributed by atoms with Crippen LogP contribution < -0.4 is 0 Å². The highest BCUT2D eigenvalue weighted by atomic mass is 19.4. The molecule has 0 aliphatic carbocycles. The summed E-state index contributed by atoms with van der Waals surface area (Å²) in [5.41, 5.74) is 0.901. The lowest BCUT2D eigenvalue weighted by Gasteiger charge is -2.09. The third-order valence-electron chi connectivity index (χ3n) is 3.79. The Labute approximate surface area is 145 Å². The molecule has 0 atom stereocenters. The average molecular weight is 364 g/mol. The Bertz CT molecular complexity index is 1050. The van der Waals surface area contributed by atoms with Gasteiger partial charge in [-0.3, -0.25) is 0 Å². The van der Waals surface area contributed by atoms with Crippen LogP contribution >= 0.6 is 0 Å². The fraction of sp³-hybridized carbons (Fsp3) is 0.100. The van der Waals surface area contributed by atoms with E-state index < -0.39 is 34.6 Å². The quantitative estimate of drug-likeness (QED) is 0.359. The smallest absolute Gasteiger partial charge is 0.206 e. The van der Waals surface area contributed by atoms with Gasteiger partial charge in [0.2, 0.25) is 0 Å². The molecule has 0 spiro atoms. The highest BCUT2D eigenvalue weighted by molar-refractivity contribution is 5.89. The lowest BCUT2D eigenvalue weighted by Crippen LogP contribution is -2.03. The second kappa shape index (κ2) is 6.41. The standard InChI is InChI=1S/C20H10F6/c1-11-2-4-12(5-3-11)13-8-14-10-16(21)15(6-7-20(24,25)26)19(23)18(14)17(22)9-13/h2-5,8-10H,1H3. The van der Waals surface area contributed by atoms with E-state index in [1.54, 1.807) is 24.3 Å². The van der Waals surface area contributed by atoms with Crippen molar-refractivity contribution in [1.82, 2.24) is 0 Å². The summed E-state index contributed by atoms with van der Waals surface area (Å²) in [6, 6.07) is 10.3. The molecule has 0 unspecified atom stereocenters. The van der Waals surface area contributed by atoms with Crippen LogP contribution in [-0.2, 0) is 0 Å². The van der Waals surface area contributed by atoms with Crippen molar-refractivity contribution in [3.8, 4) is 23.0 Å². The van der Waals surface area contributed by atoms with E-state index in [1.807, 2.05) is 6.92 Å². The first-order chi connectivity index (χ1) is 12.2. The predicted octanol–water partition coefficient (Wildman–Crippen LogP) is 6.15. The monoisotopic (exact) mass is 364 g/mol. The van der Waals surface area contributed by atoms with Crippen LogP contribution in [0.2, 0.25) is 0 Å². The van der Waals surface area contributed by atoms with Gasteiger partial charge in [0.05, 0.1) is 10.9 Å². The fourth-order valence-electron chi connectivity index (χ4n) is 2.57. The molecule has 0 amide bonds. The van der Waals surface area contributed by atoms with Gasteiger partial charge in [0.15, 0.2) is 5.82 Å². The summed E-state index contributed by atoms with van der Waals surface area (Å²) in [5, 5.41) is -0.707. The van der Waals surface area contributed by atoms with Gasteiger partial charge >= 0.3 is 6.18 Å². The molecule has 0 radical (unpaired) electrons. The van der Waals surface area contributed by atoms with E-state index >= 15 is 0 Å². The minimum absolute atomic E-state index is 0.104. The minimum Gasteiger partial charge on any atom is -0.206 e. The Morgan fingerprint density at radius 2 is 1.46 bits per heavy atom. The Hall–Kier alpha value is -2.94. The molecule has 0 saturated heterocycles. The van der Waals surface area contributed by atoms with Gasteiger partial charge in [0.25, 0.3) is 0 Å². The van der Waals surface area contributed by atoms with Crippen molar-refractivity contribution < 1.29 is 26.3 Å². The third-order valence-corrected chi connectivity index (χ3v) is 3.79. The number of hydrogen-bond acceptors (Lipinski definition) is 0. The van der Waals surface area contributed by atoms with E-state index in [1.165, 1.54) is 12.0 Å². The zero-order chi connectivity index (χ0) is 19.1. The zero-order valence-electron chi connectivity index (χ0n) is 13.3. The molecule has 0 bridgehead atoms. The molecule has 3 aromatic rings. The number of halogens is 6. The molecule has 0 saturated carbocycles. The van der Waals surface area contributed by atoms with E-state index in [-0.39, 0.29) is 5.39 Å². The topological polar surface area (TPSA) is 0 Å². The molecule has 0 fully saturated rings. The lowest BCUT2D eigenvalue weighted by atomic mass is 9.98. The maximum atomic E-state index is 14.4. The van der Waals surface area contributed by atoms with Crippen molar-refractivity contribution in [1.29, 1.82) is 0 Å². The van der Waals surface area contributed by atoms with Gasteiger partial charge in [-0.15, -0.1) is 0 Å². The Kier molecular flexibility index (Phi) is 4.41. The molecule has 3 aromatic carbocycles. The molecular formula is C20H10F6. The summed E-state index contributed by atoms with van der Waals surface area (Å²) in [5.74, 6) is -1.55. The van der Waals surface area contributed by atoms with Crippen LogP contribution in [0.5, 0.6) is 0 Å². The first-order valence-corrected chi connectivity index (χ1v) is 7.44. The summed E-state index contributed by atoms with van der Waals surface area (Å²) >= 11 is 0. The van der Waals surface area contributed by atoms with Crippen LogP contribution in [-0.4, -0.2) is 6.18 Å². The predicted molar refractivity (Wildman–Crippen MR) is 86.9 cm³/mol. The molecule has 3 rings (SSSR count). The van der Waals surface area contributed by atoms with E-state index in [0.29, 0.717) is 11.1 Å². The van der Waals surface area contributed by atoms with Crippen molar-refractivity contribution in [3.63, 3.8) is 0 Å². The van der Waals surface area contributed by atoms with Crippen LogP contribution in [0.3, 0.4) is 0 Å². The van der Waals surface area contributed by atoms with Crippen molar-refractivity contribution in [3.05, 3.63) is 71.0 Å². The molecule has 26 heavy (non-hydrogen) atoms. The number of rotatable bonds is 1. The van der Waals surface area contributed by atoms with Gasteiger partial charge in [-0.2, -0.15) is 13.2 Å². The summed E-state index contributed by atoms with van der Waals surface area (Å²) < 4.78 is 79.4. The van der Waals surface area contributed by atoms with E-state index in [9.17, 15) is 26.3 Å². The van der Waals surface area contributed by atoms with Crippen LogP contribution in [0, 0.1) is 36.2 Å². The van der Waals surface area contributed by atoms with Crippen LogP contribution in [0.15, 0.2) is 42.5 Å². The molecule has 132 valence electrons. The second-order valence-corrected chi connectivity index (χ2v) is 5.72. The van der Waals surface area contributed by atoms with Crippen molar-refractivity contribution in [2.75, 3.05) is 0 Å². The van der Waals surface area contributed by atoms with Gasteiger partial charge in [-0.25, -0.2) is 13.2 Å². The molecular weight excluding hydrogens is 354 g/mol. The first-order valence-electron chi connectivity index (χ1n) is 7.44. The summed E-state index contributed by atoms with van der Waals surface area (Å²) in [4.78, 5) is 0. The maximum Gasteiger partial charge on any atom is 0.458 e. The van der Waals surface area contributed by atoms with Gasteiger partial charge in [0, 0.05) is 5.92 Å². The Balaban J connectivity index is 2.21. The average Bonchev–Trinajstić information content (AvgIpc) is 2.53. The normalized spacial score (nSPS) is 11.3. The highest BCUT2D eigenvalue weighted by Gasteiger charge is 2.24. The van der Waals surface area contributed by atoms with E-state index in [2.05, 4.69) is 0 Å². The van der Waals surface area contributed by atoms with Gasteiger partial charge in [-0.1, -0.05) is 35.7 Å². The summed E-state index contributed by atoms with van der Waals surface area (Å²) in [6.45, 7) is 1.87. The van der Waals surface area contributed by atoms with Crippen molar-refractivity contribution in [2.24, 2.45) is 0 Å². The number of hydrogen-bond donors (Lipinski definition) is 0. The molecule has 6 heteroatoms.